The molecule has 0 radical (unpaired) electrons. The van der Waals surface area contributed by atoms with E-state index in [1.807, 2.05) is 19.9 Å². The summed E-state index contributed by atoms with van der Waals surface area (Å²) in [4.78, 5) is 13.4. The van der Waals surface area contributed by atoms with Gasteiger partial charge in [0.1, 0.15) is 5.75 Å². The number of phenolic OH excluding ortho intramolecular Hbond substituents is 1. The Morgan fingerprint density at radius 2 is 2.06 bits per heavy atom. The first-order chi connectivity index (χ1) is 7.49. The lowest BCUT2D eigenvalue weighted by atomic mass is 10.1. The molecule has 1 aliphatic heterocycles. The summed E-state index contributed by atoms with van der Waals surface area (Å²) in [6.45, 7) is 4.26. The summed E-state index contributed by atoms with van der Waals surface area (Å²) in [5, 5.41) is 9.56. The van der Waals surface area contributed by atoms with Gasteiger partial charge in [-0.1, -0.05) is 0 Å². The van der Waals surface area contributed by atoms with E-state index in [2.05, 4.69) is 0 Å². The van der Waals surface area contributed by atoms with Crippen molar-refractivity contribution < 1.29 is 9.90 Å². The molecule has 1 aromatic rings. The second-order valence-electron chi connectivity index (χ2n) is 4.39. The van der Waals surface area contributed by atoms with Crippen molar-refractivity contribution in [3.8, 4) is 5.75 Å². The van der Waals surface area contributed by atoms with Gasteiger partial charge in [-0.05, 0) is 37.1 Å². The second-order valence-corrected chi connectivity index (χ2v) is 4.39. The molecule has 1 unspecified atom stereocenters. The number of amides is 1. The van der Waals surface area contributed by atoms with Crippen LogP contribution in [0.5, 0.6) is 5.75 Å². The molecule has 4 heteroatoms. The Hall–Kier alpha value is -1.55. The minimum Gasteiger partial charge on any atom is -0.508 e. The highest BCUT2D eigenvalue weighted by Gasteiger charge is 2.29. The normalized spacial score (nSPS) is 20.6. The molecule has 3 N–H and O–H groups in total. The molecular formula is C12H16N2O2. The molecule has 4 nitrogen and oxygen atoms in total. The van der Waals surface area contributed by atoms with Crippen LogP contribution in [0, 0.1) is 13.8 Å². The Morgan fingerprint density at radius 3 is 2.62 bits per heavy atom. The molecule has 0 bridgehead atoms. The number of carbonyl (C=O) groups is 1. The lowest BCUT2D eigenvalue weighted by Crippen LogP contribution is -2.28. The zero-order chi connectivity index (χ0) is 11.9. The molecule has 16 heavy (non-hydrogen) atoms. The fourth-order valence-corrected chi connectivity index (χ4v) is 2.04. The maximum atomic E-state index is 11.7. The molecule has 1 aromatic carbocycles. The first-order valence-electron chi connectivity index (χ1n) is 5.35. The molecule has 1 aliphatic rings. The average Bonchev–Trinajstić information content (AvgIpc) is 2.51. The van der Waals surface area contributed by atoms with Crippen molar-refractivity contribution in [2.75, 3.05) is 11.4 Å². The number of nitrogens with zero attached hydrogens (tertiary/aromatic N) is 1. The number of anilines is 1. The molecule has 0 saturated carbocycles. The van der Waals surface area contributed by atoms with Crippen molar-refractivity contribution in [1.29, 1.82) is 0 Å². The van der Waals surface area contributed by atoms with Gasteiger partial charge in [-0.25, -0.2) is 0 Å². The molecule has 2 rings (SSSR count). The SMILES string of the molecule is Cc1cc(N2CC(N)CC2=O)c(C)cc1O. The summed E-state index contributed by atoms with van der Waals surface area (Å²) in [6, 6.07) is 3.43. The molecule has 86 valence electrons. The van der Waals surface area contributed by atoms with Crippen molar-refractivity contribution in [3.05, 3.63) is 23.3 Å². The number of aryl methyl sites for hydroxylation is 2. The molecule has 0 aliphatic carbocycles. The molecule has 0 aromatic heterocycles. The molecular weight excluding hydrogens is 204 g/mol. The Labute approximate surface area is 94.7 Å². The summed E-state index contributed by atoms with van der Waals surface area (Å²) in [5.41, 5.74) is 8.28. The van der Waals surface area contributed by atoms with Crippen LogP contribution in [-0.2, 0) is 4.79 Å². The molecule has 1 atom stereocenters. The van der Waals surface area contributed by atoms with E-state index in [1.54, 1.807) is 11.0 Å². The summed E-state index contributed by atoms with van der Waals surface area (Å²) >= 11 is 0. The fourth-order valence-electron chi connectivity index (χ4n) is 2.04. The minimum absolute atomic E-state index is 0.0562. The largest absolute Gasteiger partial charge is 0.508 e. The van der Waals surface area contributed by atoms with Gasteiger partial charge in [-0.3, -0.25) is 4.79 Å². The standard InChI is InChI=1S/C12H16N2O2/c1-7-4-11(15)8(2)3-10(7)14-6-9(13)5-12(14)16/h3-4,9,15H,5-6,13H2,1-2H3. The molecule has 1 amide bonds. The summed E-state index contributed by atoms with van der Waals surface area (Å²) < 4.78 is 0. The van der Waals surface area contributed by atoms with Crippen LogP contribution in [-0.4, -0.2) is 23.6 Å². The van der Waals surface area contributed by atoms with Crippen LogP contribution in [0.4, 0.5) is 5.69 Å². The molecule has 1 fully saturated rings. The zero-order valence-electron chi connectivity index (χ0n) is 9.53. The van der Waals surface area contributed by atoms with Crippen LogP contribution in [0.2, 0.25) is 0 Å². The first-order valence-corrected chi connectivity index (χ1v) is 5.35. The number of hydrogen-bond donors (Lipinski definition) is 2. The van der Waals surface area contributed by atoms with Crippen molar-refractivity contribution in [3.63, 3.8) is 0 Å². The van der Waals surface area contributed by atoms with E-state index in [4.69, 9.17) is 5.73 Å². The highest BCUT2D eigenvalue weighted by molar-refractivity contribution is 5.97. The maximum Gasteiger partial charge on any atom is 0.228 e. The van der Waals surface area contributed by atoms with Crippen LogP contribution in [0.25, 0.3) is 0 Å². The number of benzene rings is 1. The first kappa shape index (κ1) is 11.0. The zero-order valence-corrected chi connectivity index (χ0v) is 9.53. The Morgan fingerprint density at radius 1 is 1.38 bits per heavy atom. The van der Waals surface area contributed by atoms with E-state index in [1.165, 1.54) is 0 Å². The van der Waals surface area contributed by atoms with Crippen LogP contribution < -0.4 is 10.6 Å². The van der Waals surface area contributed by atoms with Crippen molar-refractivity contribution >= 4 is 11.6 Å². The maximum absolute atomic E-state index is 11.7. The minimum atomic E-state index is -0.0824. The predicted octanol–water partition coefficient (Wildman–Crippen LogP) is 1.07. The Balaban J connectivity index is 2.41. The molecule has 1 heterocycles. The number of rotatable bonds is 1. The summed E-state index contributed by atoms with van der Waals surface area (Å²) in [6.07, 6.45) is 0.402. The van der Waals surface area contributed by atoms with Crippen molar-refractivity contribution in [1.82, 2.24) is 0 Å². The average molecular weight is 220 g/mol. The van der Waals surface area contributed by atoms with Gasteiger partial charge in [0.2, 0.25) is 5.91 Å². The lowest BCUT2D eigenvalue weighted by Gasteiger charge is -2.19. The van der Waals surface area contributed by atoms with E-state index < -0.39 is 0 Å². The van der Waals surface area contributed by atoms with E-state index >= 15 is 0 Å². The topological polar surface area (TPSA) is 66.6 Å². The number of aromatic hydroxyl groups is 1. The predicted molar refractivity (Wildman–Crippen MR) is 62.5 cm³/mol. The van der Waals surface area contributed by atoms with Crippen molar-refractivity contribution in [2.45, 2.75) is 26.3 Å². The van der Waals surface area contributed by atoms with Gasteiger partial charge in [-0.2, -0.15) is 0 Å². The summed E-state index contributed by atoms with van der Waals surface area (Å²) in [5.74, 6) is 0.317. The van der Waals surface area contributed by atoms with Gasteiger partial charge >= 0.3 is 0 Å². The van der Waals surface area contributed by atoms with E-state index in [9.17, 15) is 9.90 Å². The van der Waals surface area contributed by atoms with E-state index in [0.717, 1.165) is 16.8 Å². The second kappa shape index (κ2) is 3.79. The smallest absolute Gasteiger partial charge is 0.228 e. The van der Waals surface area contributed by atoms with Crippen LogP contribution in [0.1, 0.15) is 17.5 Å². The number of nitrogens with two attached hydrogens (primary N) is 1. The third kappa shape index (κ3) is 1.76. The van der Waals surface area contributed by atoms with Crippen LogP contribution >= 0.6 is 0 Å². The monoisotopic (exact) mass is 220 g/mol. The molecule has 1 saturated heterocycles. The third-order valence-electron chi connectivity index (χ3n) is 2.96. The quantitative estimate of drug-likeness (QED) is 0.744. The fraction of sp³-hybridized carbons (Fsp3) is 0.417. The Bertz CT molecular complexity index is 443. The van der Waals surface area contributed by atoms with Gasteiger partial charge in [0.15, 0.2) is 0 Å². The third-order valence-corrected chi connectivity index (χ3v) is 2.96. The van der Waals surface area contributed by atoms with E-state index in [-0.39, 0.29) is 17.7 Å². The van der Waals surface area contributed by atoms with Gasteiger partial charge in [0.25, 0.3) is 0 Å². The van der Waals surface area contributed by atoms with Crippen LogP contribution in [0.15, 0.2) is 12.1 Å². The lowest BCUT2D eigenvalue weighted by molar-refractivity contribution is -0.117. The molecule has 0 spiro atoms. The number of carbonyl (C=O) groups excluding carboxylic acids is 1. The van der Waals surface area contributed by atoms with Gasteiger partial charge < -0.3 is 15.7 Å². The van der Waals surface area contributed by atoms with Crippen LogP contribution in [0.3, 0.4) is 0 Å². The Kier molecular flexibility index (Phi) is 2.59. The van der Waals surface area contributed by atoms with Gasteiger partial charge in [0, 0.05) is 24.7 Å². The van der Waals surface area contributed by atoms with Gasteiger partial charge in [-0.15, -0.1) is 0 Å². The van der Waals surface area contributed by atoms with Gasteiger partial charge in [0.05, 0.1) is 0 Å². The highest BCUT2D eigenvalue weighted by Crippen LogP contribution is 2.30. The summed E-state index contributed by atoms with van der Waals surface area (Å²) in [7, 11) is 0. The number of phenols is 1. The van der Waals surface area contributed by atoms with E-state index in [0.29, 0.717) is 13.0 Å². The van der Waals surface area contributed by atoms with Crippen molar-refractivity contribution in [2.24, 2.45) is 5.73 Å². The highest BCUT2D eigenvalue weighted by atomic mass is 16.3. The number of hydrogen-bond acceptors (Lipinski definition) is 3.